The zero-order chi connectivity index (χ0) is 18.6. The Hall–Kier alpha value is -2.82. The average molecular weight is 363 g/mol. The zero-order valence-corrected chi connectivity index (χ0v) is 15.6. The largest absolute Gasteiger partial charge is 0.474 e. The van der Waals surface area contributed by atoms with Gasteiger partial charge in [-0.15, -0.1) is 0 Å². The van der Waals surface area contributed by atoms with Gasteiger partial charge in [0.1, 0.15) is 6.10 Å². The number of fused-ring (bicyclic) bond motifs is 1. The van der Waals surface area contributed by atoms with Crippen molar-refractivity contribution in [1.82, 2.24) is 14.9 Å². The molecule has 1 amide bonds. The van der Waals surface area contributed by atoms with Gasteiger partial charge in [0.15, 0.2) is 0 Å². The van der Waals surface area contributed by atoms with E-state index in [0.717, 1.165) is 42.1 Å². The van der Waals surface area contributed by atoms with E-state index < -0.39 is 0 Å². The highest BCUT2D eigenvalue weighted by Crippen LogP contribution is 2.24. The normalized spacial score (nSPS) is 19.7. The minimum Gasteiger partial charge on any atom is -0.474 e. The third kappa shape index (κ3) is 4.13. The summed E-state index contributed by atoms with van der Waals surface area (Å²) < 4.78 is 8.01. The van der Waals surface area contributed by atoms with Gasteiger partial charge in [-0.05, 0) is 43.4 Å². The number of nitrogens with one attached hydrogen (secondary N) is 1. The predicted octanol–water partition coefficient (Wildman–Crippen LogP) is 3.62. The maximum Gasteiger partial charge on any atom is 0.224 e. The van der Waals surface area contributed by atoms with E-state index in [1.54, 1.807) is 6.20 Å². The Morgan fingerprint density at radius 2 is 1.93 bits per heavy atom. The van der Waals surface area contributed by atoms with Gasteiger partial charge in [0, 0.05) is 42.5 Å². The van der Waals surface area contributed by atoms with Gasteiger partial charge in [0.25, 0.3) is 0 Å². The van der Waals surface area contributed by atoms with Crippen LogP contribution < -0.4 is 10.1 Å². The molecule has 1 saturated carbocycles. The molecule has 0 spiro atoms. The molecule has 1 N–H and O–H groups in total. The fraction of sp³-hybridized carbons (Fsp3) is 0.364. The molecule has 0 radical (unpaired) electrons. The number of nitrogens with zero attached hydrogens (tertiary/aromatic N) is 2. The Labute approximate surface area is 159 Å². The first-order valence-corrected chi connectivity index (χ1v) is 9.59. The predicted molar refractivity (Wildman–Crippen MR) is 106 cm³/mol. The van der Waals surface area contributed by atoms with E-state index in [1.807, 2.05) is 37.4 Å². The number of rotatable bonds is 5. The number of aryl methyl sites for hydroxylation is 1. The molecule has 0 bridgehead atoms. The van der Waals surface area contributed by atoms with Crippen molar-refractivity contribution >= 4 is 16.8 Å². The number of carbonyl (C=O) groups is 1. The molecule has 0 unspecified atom stereocenters. The molecule has 1 fully saturated rings. The summed E-state index contributed by atoms with van der Waals surface area (Å²) in [6.07, 6.45) is 8.18. The maximum atomic E-state index is 12.5. The summed E-state index contributed by atoms with van der Waals surface area (Å²) in [4.78, 5) is 16.8. The Morgan fingerprint density at radius 1 is 1.15 bits per heavy atom. The molecule has 5 heteroatoms. The average Bonchev–Trinajstić information content (AvgIpc) is 3.00. The second kappa shape index (κ2) is 7.82. The summed E-state index contributed by atoms with van der Waals surface area (Å²) in [6, 6.07) is 14.1. The number of ether oxygens (including phenoxy) is 1. The molecule has 140 valence electrons. The summed E-state index contributed by atoms with van der Waals surface area (Å²) >= 11 is 0. The third-order valence-electron chi connectivity index (χ3n) is 5.29. The van der Waals surface area contributed by atoms with Crippen molar-refractivity contribution in [3.8, 4) is 5.88 Å². The second-order valence-electron chi connectivity index (χ2n) is 7.29. The molecular weight excluding hydrogens is 338 g/mol. The summed E-state index contributed by atoms with van der Waals surface area (Å²) in [7, 11) is 2.02. The fourth-order valence-corrected chi connectivity index (χ4v) is 3.93. The second-order valence-corrected chi connectivity index (χ2v) is 7.29. The molecule has 0 atom stereocenters. The molecule has 0 saturated heterocycles. The van der Waals surface area contributed by atoms with Crippen molar-refractivity contribution in [1.29, 1.82) is 0 Å². The lowest BCUT2D eigenvalue weighted by Crippen LogP contribution is -2.40. The molecule has 1 aliphatic carbocycles. The maximum absolute atomic E-state index is 12.5. The van der Waals surface area contributed by atoms with Crippen molar-refractivity contribution in [2.24, 2.45) is 7.05 Å². The number of hydrogen-bond donors (Lipinski definition) is 1. The van der Waals surface area contributed by atoms with Crippen molar-refractivity contribution in [3.63, 3.8) is 0 Å². The smallest absolute Gasteiger partial charge is 0.224 e. The van der Waals surface area contributed by atoms with Crippen LogP contribution in [-0.4, -0.2) is 27.6 Å². The minimum absolute atomic E-state index is 0.0976. The SMILES string of the molecule is Cn1cc(CC(=O)NC2CCC(Oc3ccccn3)CC2)c2ccccc21. The van der Waals surface area contributed by atoms with Crippen LogP contribution in [0, 0.1) is 0 Å². The van der Waals surface area contributed by atoms with Crippen molar-refractivity contribution in [2.75, 3.05) is 0 Å². The highest BCUT2D eigenvalue weighted by atomic mass is 16.5. The van der Waals surface area contributed by atoms with Crippen LogP contribution in [0.3, 0.4) is 0 Å². The summed E-state index contributed by atoms with van der Waals surface area (Å²) in [5.74, 6) is 0.779. The van der Waals surface area contributed by atoms with E-state index in [1.165, 1.54) is 0 Å². The first-order chi connectivity index (χ1) is 13.2. The molecule has 4 rings (SSSR count). The summed E-state index contributed by atoms with van der Waals surface area (Å²) in [5.41, 5.74) is 2.24. The molecule has 2 aromatic heterocycles. The van der Waals surface area contributed by atoms with Crippen molar-refractivity contribution in [3.05, 3.63) is 60.4 Å². The number of aromatic nitrogens is 2. The summed E-state index contributed by atoms with van der Waals surface area (Å²) in [6.45, 7) is 0. The van der Waals surface area contributed by atoms with E-state index in [2.05, 4.69) is 33.2 Å². The number of carbonyl (C=O) groups excluding carboxylic acids is 1. The topological polar surface area (TPSA) is 56.2 Å². The van der Waals surface area contributed by atoms with Gasteiger partial charge < -0.3 is 14.6 Å². The molecule has 0 aliphatic heterocycles. The van der Waals surface area contributed by atoms with Gasteiger partial charge in [0.2, 0.25) is 11.8 Å². The van der Waals surface area contributed by atoms with E-state index in [9.17, 15) is 4.79 Å². The van der Waals surface area contributed by atoms with Gasteiger partial charge in [-0.25, -0.2) is 4.98 Å². The van der Waals surface area contributed by atoms with E-state index in [-0.39, 0.29) is 18.1 Å². The van der Waals surface area contributed by atoms with E-state index >= 15 is 0 Å². The first kappa shape index (κ1) is 17.6. The Morgan fingerprint density at radius 3 is 2.70 bits per heavy atom. The van der Waals surface area contributed by atoms with Crippen molar-refractivity contribution < 1.29 is 9.53 Å². The lowest BCUT2D eigenvalue weighted by Gasteiger charge is -2.29. The van der Waals surface area contributed by atoms with E-state index in [0.29, 0.717) is 12.3 Å². The van der Waals surface area contributed by atoms with Gasteiger partial charge in [-0.3, -0.25) is 4.79 Å². The molecular formula is C22H25N3O2. The van der Waals surface area contributed by atoms with Crippen LogP contribution >= 0.6 is 0 Å². The molecule has 1 aromatic carbocycles. The van der Waals surface area contributed by atoms with Crippen LogP contribution in [0.25, 0.3) is 10.9 Å². The number of benzene rings is 1. The van der Waals surface area contributed by atoms with Gasteiger partial charge >= 0.3 is 0 Å². The molecule has 3 aromatic rings. The Balaban J connectivity index is 1.29. The lowest BCUT2D eigenvalue weighted by molar-refractivity contribution is -0.121. The van der Waals surface area contributed by atoms with Gasteiger partial charge in [-0.1, -0.05) is 24.3 Å². The molecule has 5 nitrogen and oxygen atoms in total. The third-order valence-corrected chi connectivity index (χ3v) is 5.29. The Kier molecular flexibility index (Phi) is 5.10. The zero-order valence-electron chi connectivity index (χ0n) is 15.6. The lowest BCUT2D eigenvalue weighted by atomic mass is 9.92. The van der Waals surface area contributed by atoms with Crippen LogP contribution in [0.15, 0.2) is 54.9 Å². The Bertz CT molecular complexity index is 912. The quantitative estimate of drug-likeness (QED) is 0.753. The first-order valence-electron chi connectivity index (χ1n) is 9.59. The van der Waals surface area contributed by atoms with Crippen LogP contribution in [0.4, 0.5) is 0 Å². The van der Waals surface area contributed by atoms with Crippen LogP contribution in [-0.2, 0) is 18.3 Å². The van der Waals surface area contributed by atoms with E-state index in [4.69, 9.17) is 4.74 Å². The molecule has 2 heterocycles. The fourth-order valence-electron chi connectivity index (χ4n) is 3.93. The van der Waals surface area contributed by atoms with Crippen LogP contribution in [0.2, 0.25) is 0 Å². The summed E-state index contributed by atoms with van der Waals surface area (Å²) in [5, 5.41) is 4.36. The number of hydrogen-bond acceptors (Lipinski definition) is 3. The van der Waals surface area contributed by atoms with Gasteiger partial charge in [0.05, 0.1) is 6.42 Å². The number of amides is 1. The molecule has 27 heavy (non-hydrogen) atoms. The highest BCUT2D eigenvalue weighted by molar-refractivity contribution is 5.89. The minimum atomic E-state index is 0.0976. The highest BCUT2D eigenvalue weighted by Gasteiger charge is 2.24. The standard InChI is InChI=1S/C22H25N3O2/c1-25-15-16(19-6-2-3-7-20(19)25)14-21(26)24-17-9-11-18(12-10-17)27-22-8-4-5-13-23-22/h2-8,13,15,17-18H,9-12,14H2,1H3,(H,24,26). The number of pyridine rings is 1. The van der Waals surface area contributed by atoms with Crippen LogP contribution in [0.5, 0.6) is 5.88 Å². The van der Waals surface area contributed by atoms with Crippen molar-refractivity contribution in [2.45, 2.75) is 44.2 Å². The monoisotopic (exact) mass is 363 g/mol. The van der Waals surface area contributed by atoms with Gasteiger partial charge in [-0.2, -0.15) is 0 Å². The van der Waals surface area contributed by atoms with Crippen LogP contribution in [0.1, 0.15) is 31.2 Å². The molecule has 1 aliphatic rings. The number of para-hydroxylation sites is 1.